The molecular weight excluding hydrogens is 354 g/mol. The molecule has 7 nitrogen and oxygen atoms in total. The third kappa shape index (κ3) is 6.22. The summed E-state index contributed by atoms with van der Waals surface area (Å²) in [4.78, 5) is 31.6. The number of halogens is 1. The Labute approximate surface area is 159 Å². The summed E-state index contributed by atoms with van der Waals surface area (Å²) in [5.41, 5.74) is 0.931. The number of amides is 2. The summed E-state index contributed by atoms with van der Waals surface area (Å²) in [6.07, 6.45) is 0.365. The lowest BCUT2D eigenvalue weighted by Crippen LogP contribution is -2.54. The van der Waals surface area contributed by atoms with Crippen molar-refractivity contribution in [1.82, 2.24) is 20.4 Å². The van der Waals surface area contributed by atoms with Gasteiger partial charge in [-0.1, -0.05) is 23.7 Å². The Morgan fingerprint density at radius 1 is 1.12 bits per heavy atom. The number of nitrogens with zero attached hydrogens (tertiary/aromatic N) is 3. The Hall–Kier alpha value is -2.28. The molecule has 1 saturated heterocycles. The molecule has 0 saturated carbocycles. The quantitative estimate of drug-likeness (QED) is 0.449. The van der Waals surface area contributed by atoms with E-state index in [2.05, 4.69) is 20.5 Å². The van der Waals surface area contributed by atoms with Crippen LogP contribution in [0.5, 0.6) is 0 Å². The van der Waals surface area contributed by atoms with Gasteiger partial charge in [-0.2, -0.15) is 0 Å². The molecule has 142 valence electrons. The highest BCUT2D eigenvalue weighted by molar-refractivity contribution is 6.30. The average molecular weight is 380 g/mol. The van der Waals surface area contributed by atoms with Crippen molar-refractivity contribution >= 4 is 29.4 Å². The summed E-state index contributed by atoms with van der Waals surface area (Å²) in [7, 11) is 1.73. The van der Waals surface area contributed by atoms with Crippen LogP contribution in [0.4, 0.5) is 0 Å². The highest BCUT2D eigenvalue weighted by atomic mass is 35.5. The molecule has 2 N–H and O–H groups in total. The fraction of sp³-hybridized carbons (Fsp3) is 0.500. The minimum absolute atomic E-state index is 0.0476. The molecule has 2 rings (SSSR count). The third-order valence-electron chi connectivity index (χ3n) is 4.17. The Bertz CT molecular complexity index is 657. The number of hydrogen-bond donors (Lipinski definition) is 2. The average Bonchev–Trinajstić information content (AvgIpc) is 2.62. The van der Waals surface area contributed by atoms with Crippen LogP contribution >= 0.6 is 11.6 Å². The smallest absolute Gasteiger partial charge is 0.227 e. The van der Waals surface area contributed by atoms with Crippen LogP contribution in [0.15, 0.2) is 29.3 Å². The first-order chi connectivity index (χ1) is 12.5. The van der Waals surface area contributed by atoms with Gasteiger partial charge < -0.3 is 20.4 Å². The van der Waals surface area contributed by atoms with Gasteiger partial charge in [-0.15, -0.1) is 0 Å². The van der Waals surface area contributed by atoms with E-state index >= 15 is 0 Å². The molecule has 1 aliphatic rings. The van der Waals surface area contributed by atoms with Crippen LogP contribution in [0.1, 0.15) is 12.5 Å². The van der Waals surface area contributed by atoms with Gasteiger partial charge in [0.1, 0.15) is 0 Å². The Kier molecular flexibility index (Phi) is 7.72. The molecule has 1 aromatic carbocycles. The van der Waals surface area contributed by atoms with Crippen LogP contribution < -0.4 is 10.6 Å². The van der Waals surface area contributed by atoms with Crippen LogP contribution in [-0.2, 0) is 16.0 Å². The van der Waals surface area contributed by atoms with Gasteiger partial charge in [0.05, 0.1) is 6.42 Å². The van der Waals surface area contributed by atoms with E-state index in [4.69, 9.17) is 11.6 Å². The maximum Gasteiger partial charge on any atom is 0.227 e. The maximum atomic E-state index is 12.5. The van der Waals surface area contributed by atoms with Crippen molar-refractivity contribution in [2.45, 2.75) is 13.3 Å². The number of hydrogen-bond acceptors (Lipinski definition) is 3. The molecule has 1 aliphatic heterocycles. The van der Waals surface area contributed by atoms with Gasteiger partial charge in [-0.25, -0.2) is 0 Å². The first kappa shape index (κ1) is 20.0. The molecule has 2 amide bonds. The molecule has 1 heterocycles. The minimum atomic E-state index is -0.0476. The van der Waals surface area contributed by atoms with Gasteiger partial charge in [0.2, 0.25) is 11.8 Å². The minimum Gasteiger partial charge on any atom is -0.355 e. The van der Waals surface area contributed by atoms with Crippen molar-refractivity contribution in [1.29, 1.82) is 0 Å². The lowest BCUT2D eigenvalue weighted by Gasteiger charge is -2.36. The second-order valence-corrected chi connectivity index (χ2v) is 6.57. The third-order valence-corrected chi connectivity index (χ3v) is 4.41. The number of nitrogens with one attached hydrogen (secondary N) is 2. The molecule has 0 atom stereocenters. The second kappa shape index (κ2) is 10.0. The van der Waals surface area contributed by atoms with Crippen molar-refractivity contribution in [2.24, 2.45) is 4.99 Å². The van der Waals surface area contributed by atoms with E-state index in [1.807, 2.05) is 23.1 Å². The first-order valence-electron chi connectivity index (χ1n) is 8.72. The summed E-state index contributed by atoms with van der Waals surface area (Å²) < 4.78 is 0. The van der Waals surface area contributed by atoms with Crippen LogP contribution in [-0.4, -0.2) is 73.9 Å². The van der Waals surface area contributed by atoms with E-state index in [1.54, 1.807) is 13.1 Å². The van der Waals surface area contributed by atoms with Crippen molar-refractivity contribution in [2.75, 3.05) is 46.3 Å². The standard InChI is InChI=1S/C18H26ClN5O2/c1-14(25)21-6-7-22-18(20-2)24-10-8-23(9-11-24)17(26)13-15-4-3-5-16(19)12-15/h3-5,12H,6-11,13H2,1-2H3,(H,20,22)(H,21,25). The monoisotopic (exact) mass is 379 g/mol. The van der Waals surface area contributed by atoms with E-state index in [9.17, 15) is 9.59 Å². The number of guanidine groups is 1. The topological polar surface area (TPSA) is 77.0 Å². The predicted octanol–water partition coefficient (Wildman–Crippen LogP) is 0.738. The number of carbonyl (C=O) groups is 2. The normalized spacial score (nSPS) is 15.0. The van der Waals surface area contributed by atoms with Gasteiger partial charge in [0, 0.05) is 58.3 Å². The fourth-order valence-corrected chi connectivity index (χ4v) is 3.06. The highest BCUT2D eigenvalue weighted by Gasteiger charge is 2.22. The van der Waals surface area contributed by atoms with Crippen LogP contribution in [0.25, 0.3) is 0 Å². The molecule has 26 heavy (non-hydrogen) atoms. The Morgan fingerprint density at radius 2 is 1.77 bits per heavy atom. The summed E-state index contributed by atoms with van der Waals surface area (Å²) in [5.74, 6) is 0.853. The largest absolute Gasteiger partial charge is 0.355 e. The predicted molar refractivity (Wildman–Crippen MR) is 103 cm³/mol. The van der Waals surface area contributed by atoms with E-state index in [-0.39, 0.29) is 11.8 Å². The van der Waals surface area contributed by atoms with Crippen LogP contribution in [0, 0.1) is 0 Å². The van der Waals surface area contributed by atoms with Crippen molar-refractivity contribution in [3.63, 3.8) is 0 Å². The zero-order valence-electron chi connectivity index (χ0n) is 15.3. The number of benzene rings is 1. The van der Waals surface area contributed by atoms with Crippen molar-refractivity contribution < 1.29 is 9.59 Å². The molecule has 0 bridgehead atoms. The molecule has 0 aromatic heterocycles. The summed E-state index contributed by atoms with van der Waals surface area (Å²) >= 11 is 5.98. The van der Waals surface area contributed by atoms with E-state index in [0.717, 1.165) is 24.6 Å². The van der Waals surface area contributed by atoms with Gasteiger partial charge in [-0.3, -0.25) is 14.6 Å². The molecule has 0 spiro atoms. The molecular formula is C18H26ClN5O2. The fourth-order valence-electron chi connectivity index (χ4n) is 2.85. The number of carbonyl (C=O) groups excluding carboxylic acids is 2. The van der Waals surface area contributed by atoms with E-state index < -0.39 is 0 Å². The SMILES string of the molecule is CN=C(NCCNC(C)=O)N1CCN(C(=O)Cc2cccc(Cl)c2)CC1. The molecule has 8 heteroatoms. The lowest BCUT2D eigenvalue weighted by molar-refractivity contribution is -0.131. The Morgan fingerprint density at radius 3 is 2.38 bits per heavy atom. The summed E-state index contributed by atoms with van der Waals surface area (Å²) in [6, 6.07) is 7.41. The highest BCUT2D eigenvalue weighted by Crippen LogP contribution is 2.13. The van der Waals surface area contributed by atoms with Crippen molar-refractivity contribution in [3.8, 4) is 0 Å². The molecule has 0 aliphatic carbocycles. The molecule has 0 unspecified atom stereocenters. The zero-order valence-corrected chi connectivity index (χ0v) is 16.1. The van der Waals surface area contributed by atoms with Gasteiger partial charge in [0.25, 0.3) is 0 Å². The van der Waals surface area contributed by atoms with Gasteiger partial charge in [-0.05, 0) is 17.7 Å². The molecule has 1 aromatic rings. The number of rotatable bonds is 5. The lowest BCUT2D eigenvalue weighted by atomic mass is 10.1. The van der Waals surface area contributed by atoms with Gasteiger partial charge in [0.15, 0.2) is 5.96 Å². The first-order valence-corrected chi connectivity index (χ1v) is 9.09. The van der Waals surface area contributed by atoms with Crippen LogP contribution in [0.3, 0.4) is 0 Å². The number of aliphatic imine (C=N–C) groups is 1. The van der Waals surface area contributed by atoms with Gasteiger partial charge >= 0.3 is 0 Å². The van der Waals surface area contributed by atoms with Crippen LogP contribution in [0.2, 0.25) is 5.02 Å². The molecule has 1 fully saturated rings. The maximum absolute atomic E-state index is 12.5. The Balaban J connectivity index is 1.78. The zero-order chi connectivity index (χ0) is 18.9. The summed E-state index contributed by atoms with van der Waals surface area (Å²) in [6.45, 7) is 5.42. The van der Waals surface area contributed by atoms with E-state index in [1.165, 1.54) is 6.92 Å². The number of piperazine rings is 1. The summed E-state index contributed by atoms with van der Waals surface area (Å²) in [5, 5.41) is 6.61. The van der Waals surface area contributed by atoms with E-state index in [0.29, 0.717) is 37.6 Å². The van der Waals surface area contributed by atoms with Crippen molar-refractivity contribution in [3.05, 3.63) is 34.9 Å². The molecule has 0 radical (unpaired) electrons. The second-order valence-electron chi connectivity index (χ2n) is 6.13.